The van der Waals surface area contributed by atoms with Crippen LogP contribution >= 0.6 is 11.6 Å². The van der Waals surface area contributed by atoms with E-state index in [1.165, 1.54) is 23.9 Å². The van der Waals surface area contributed by atoms with Gasteiger partial charge in [-0.1, -0.05) is 11.6 Å². The van der Waals surface area contributed by atoms with Crippen LogP contribution < -0.4 is 4.72 Å². The van der Waals surface area contributed by atoms with E-state index in [1.54, 1.807) is 0 Å². The molecule has 0 amide bonds. The van der Waals surface area contributed by atoms with Crippen molar-refractivity contribution in [3.63, 3.8) is 0 Å². The Morgan fingerprint density at radius 3 is 2.63 bits per heavy atom. The Labute approximate surface area is 113 Å². The average molecular weight is 305 g/mol. The van der Waals surface area contributed by atoms with Crippen molar-refractivity contribution >= 4 is 44.0 Å². The van der Waals surface area contributed by atoms with E-state index in [0.717, 1.165) is 6.26 Å². The fraction of sp³-hybridized carbons (Fsp3) is 0.222. The number of rotatable bonds is 3. The van der Waals surface area contributed by atoms with E-state index in [0.29, 0.717) is 0 Å². The number of hydrogen-bond acceptors (Lipinski definition) is 5. The number of halogens is 1. The number of nitro benzene ring substituents is 1. The van der Waals surface area contributed by atoms with Gasteiger partial charge >= 0.3 is 0 Å². The van der Waals surface area contributed by atoms with Gasteiger partial charge in [-0.2, -0.15) is 5.10 Å². The van der Waals surface area contributed by atoms with Gasteiger partial charge in [-0.25, -0.2) is 8.42 Å². The van der Waals surface area contributed by atoms with Gasteiger partial charge in [-0.05, 0) is 6.07 Å². The van der Waals surface area contributed by atoms with Crippen molar-refractivity contribution < 1.29 is 13.3 Å². The van der Waals surface area contributed by atoms with Gasteiger partial charge in [0.25, 0.3) is 5.69 Å². The molecule has 0 atom stereocenters. The number of anilines is 1. The zero-order valence-corrected chi connectivity index (χ0v) is 11.5. The second kappa shape index (κ2) is 4.35. The molecule has 0 saturated carbocycles. The first-order valence-corrected chi connectivity index (χ1v) is 7.25. The first-order chi connectivity index (χ1) is 8.70. The third kappa shape index (κ3) is 2.47. The number of hydrogen-bond donors (Lipinski definition) is 1. The molecule has 0 spiro atoms. The van der Waals surface area contributed by atoms with Crippen molar-refractivity contribution in [2.45, 2.75) is 0 Å². The lowest BCUT2D eigenvalue weighted by Crippen LogP contribution is -2.10. The van der Waals surface area contributed by atoms with Crippen LogP contribution in [-0.2, 0) is 17.1 Å². The van der Waals surface area contributed by atoms with E-state index < -0.39 is 14.9 Å². The Morgan fingerprint density at radius 2 is 2.11 bits per heavy atom. The number of aryl methyl sites for hydroxylation is 1. The van der Waals surface area contributed by atoms with Crippen LogP contribution in [0, 0.1) is 10.1 Å². The van der Waals surface area contributed by atoms with Crippen molar-refractivity contribution in [2.24, 2.45) is 7.05 Å². The lowest BCUT2D eigenvalue weighted by molar-refractivity contribution is -0.383. The van der Waals surface area contributed by atoms with Gasteiger partial charge < -0.3 is 0 Å². The Hall–Kier alpha value is -1.87. The lowest BCUT2D eigenvalue weighted by Gasteiger charge is -2.01. The van der Waals surface area contributed by atoms with Crippen molar-refractivity contribution in [1.82, 2.24) is 9.78 Å². The number of non-ortho nitro benzene ring substituents is 1. The summed E-state index contributed by atoms with van der Waals surface area (Å²) >= 11 is 5.97. The summed E-state index contributed by atoms with van der Waals surface area (Å²) in [5, 5.41) is 15.3. The zero-order chi connectivity index (χ0) is 14.4. The minimum absolute atomic E-state index is 0.0336. The topological polar surface area (TPSA) is 107 Å². The summed E-state index contributed by atoms with van der Waals surface area (Å²) in [5.41, 5.74) is -0.0420. The number of fused-ring (bicyclic) bond motifs is 1. The first-order valence-electron chi connectivity index (χ1n) is 4.98. The number of nitrogens with one attached hydrogen (secondary N) is 1. The van der Waals surface area contributed by atoms with Crippen LogP contribution in [0.2, 0.25) is 5.02 Å². The monoisotopic (exact) mass is 304 g/mol. The Kier molecular flexibility index (Phi) is 3.11. The maximum Gasteiger partial charge on any atom is 0.295 e. The van der Waals surface area contributed by atoms with Gasteiger partial charge in [-0.3, -0.25) is 19.5 Å². The molecular formula is C9H9ClN4O4S. The fourth-order valence-corrected chi connectivity index (χ4v) is 2.49. The molecule has 0 fully saturated rings. The minimum Gasteiger partial charge on any atom is -0.266 e. The molecule has 0 radical (unpaired) electrons. The maximum absolute atomic E-state index is 11.2. The van der Waals surface area contributed by atoms with E-state index in [1.807, 2.05) is 0 Å². The standard InChI is InChI=1S/C9H9ClN4O4S/c1-13-8-6(14(15)16)4-3-5(10)7(8)9(11-13)12-19(2,17)18/h3-4H,1-2H3,(H,11,12). The van der Waals surface area contributed by atoms with Gasteiger partial charge in [-0.15, -0.1) is 0 Å². The number of sulfonamides is 1. The third-order valence-electron chi connectivity index (χ3n) is 2.39. The third-order valence-corrected chi connectivity index (χ3v) is 3.27. The van der Waals surface area contributed by atoms with Gasteiger partial charge in [0.1, 0.15) is 5.52 Å². The van der Waals surface area contributed by atoms with Gasteiger partial charge in [0, 0.05) is 13.1 Å². The highest BCUT2D eigenvalue weighted by molar-refractivity contribution is 7.92. The molecule has 1 heterocycles. The Balaban J connectivity index is 2.83. The highest BCUT2D eigenvalue weighted by atomic mass is 35.5. The van der Waals surface area contributed by atoms with E-state index >= 15 is 0 Å². The normalized spacial score (nSPS) is 11.7. The molecule has 1 aromatic carbocycles. The summed E-state index contributed by atoms with van der Waals surface area (Å²) in [4.78, 5) is 10.4. The summed E-state index contributed by atoms with van der Waals surface area (Å²) in [5.74, 6) is -0.0336. The second-order valence-electron chi connectivity index (χ2n) is 3.89. The molecule has 0 aliphatic heterocycles. The molecule has 102 valence electrons. The highest BCUT2D eigenvalue weighted by Gasteiger charge is 2.23. The van der Waals surface area contributed by atoms with Crippen LogP contribution in [0.25, 0.3) is 10.9 Å². The number of benzene rings is 1. The van der Waals surface area contributed by atoms with Crippen LogP contribution in [0.3, 0.4) is 0 Å². The average Bonchev–Trinajstić information content (AvgIpc) is 2.54. The number of nitrogens with zero attached hydrogens (tertiary/aromatic N) is 3. The largest absolute Gasteiger partial charge is 0.295 e. The maximum atomic E-state index is 11.2. The number of aromatic nitrogens is 2. The quantitative estimate of drug-likeness (QED) is 0.683. The first kappa shape index (κ1) is 13.6. The van der Waals surface area contributed by atoms with Gasteiger partial charge in [0.05, 0.1) is 21.6 Å². The van der Waals surface area contributed by atoms with Gasteiger partial charge in [0.2, 0.25) is 10.0 Å². The predicted molar refractivity (Wildman–Crippen MR) is 70.8 cm³/mol. The molecular weight excluding hydrogens is 296 g/mol. The van der Waals surface area contributed by atoms with Crippen molar-refractivity contribution in [3.8, 4) is 0 Å². The zero-order valence-electron chi connectivity index (χ0n) is 9.92. The molecule has 0 bridgehead atoms. The molecule has 0 aliphatic carbocycles. The van der Waals surface area contributed by atoms with Crippen LogP contribution in [0.1, 0.15) is 0 Å². The predicted octanol–water partition coefficient (Wildman–Crippen LogP) is 1.51. The molecule has 8 nitrogen and oxygen atoms in total. The second-order valence-corrected chi connectivity index (χ2v) is 6.05. The Morgan fingerprint density at radius 1 is 1.47 bits per heavy atom. The molecule has 0 saturated heterocycles. The summed E-state index contributed by atoms with van der Waals surface area (Å²) in [6.45, 7) is 0. The fourth-order valence-electron chi connectivity index (χ4n) is 1.75. The molecule has 10 heteroatoms. The van der Waals surface area contributed by atoms with Crippen LogP contribution in [0.15, 0.2) is 12.1 Å². The molecule has 1 aromatic heterocycles. The molecule has 0 aliphatic rings. The van der Waals surface area contributed by atoms with Crippen LogP contribution in [0.4, 0.5) is 11.5 Å². The SMILES string of the molecule is Cn1nc(NS(C)(=O)=O)c2c(Cl)ccc([N+](=O)[O-])c21. The van der Waals surface area contributed by atoms with Gasteiger partial charge in [0.15, 0.2) is 5.82 Å². The van der Waals surface area contributed by atoms with E-state index in [2.05, 4.69) is 9.82 Å². The Bertz CT molecular complexity index is 783. The summed E-state index contributed by atoms with van der Waals surface area (Å²) in [7, 11) is -2.09. The smallest absolute Gasteiger partial charge is 0.266 e. The molecule has 0 unspecified atom stereocenters. The van der Waals surface area contributed by atoms with Crippen molar-refractivity contribution in [3.05, 3.63) is 27.3 Å². The lowest BCUT2D eigenvalue weighted by atomic mass is 10.2. The van der Waals surface area contributed by atoms with E-state index in [-0.39, 0.29) is 27.4 Å². The minimum atomic E-state index is -3.56. The van der Waals surface area contributed by atoms with E-state index in [9.17, 15) is 18.5 Å². The summed E-state index contributed by atoms with van der Waals surface area (Å²) in [6, 6.07) is 2.58. The van der Waals surface area contributed by atoms with Crippen LogP contribution in [-0.4, -0.2) is 29.4 Å². The number of nitro groups is 1. The van der Waals surface area contributed by atoms with Crippen molar-refractivity contribution in [2.75, 3.05) is 11.0 Å². The van der Waals surface area contributed by atoms with E-state index in [4.69, 9.17) is 11.6 Å². The molecule has 19 heavy (non-hydrogen) atoms. The summed E-state index contributed by atoms with van der Waals surface area (Å²) in [6.07, 6.45) is 0.957. The molecule has 2 aromatic rings. The highest BCUT2D eigenvalue weighted by Crippen LogP contribution is 2.35. The summed E-state index contributed by atoms with van der Waals surface area (Å²) < 4.78 is 25.9. The molecule has 2 rings (SSSR count). The van der Waals surface area contributed by atoms with Crippen LogP contribution in [0.5, 0.6) is 0 Å². The molecule has 1 N–H and O–H groups in total. The van der Waals surface area contributed by atoms with Crippen molar-refractivity contribution in [1.29, 1.82) is 0 Å².